The van der Waals surface area contributed by atoms with Gasteiger partial charge in [-0.25, -0.2) is 4.39 Å². The molecule has 0 bridgehead atoms. The molecule has 1 aromatic carbocycles. The summed E-state index contributed by atoms with van der Waals surface area (Å²) in [5, 5.41) is 9.09. The SMILES string of the molecule is O=C(c1ccc(F)c(Cl)c1)N1CCC[C@@H]1CO. The molecule has 0 unspecified atom stereocenters. The standard InChI is InChI=1S/C12H13ClFNO2/c13-10-6-8(3-4-11(10)14)12(17)15-5-1-2-9(15)7-16/h3-4,6,9,16H,1-2,5,7H2/t9-/m1/s1. The zero-order chi connectivity index (χ0) is 12.4. The van der Waals surface area contributed by atoms with E-state index in [0.717, 1.165) is 12.8 Å². The zero-order valence-electron chi connectivity index (χ0n) is 9.20. The van der Waals surface area contributed by atoms with Gasteiger partial charge in [0.15, 0.2) is 0 Å². The van der Waals surface area contributed by atoms with Crippen molar-refractivity contribution in [2.45, 2.75) is 18.9 Å². The minimum Gasteiger partial charge on any atom is -0.394 e. The molecule has 1 aromatic rings. The number of rotatable bonds is 2. The van der Waals surface area contributed by atoms with Crippen molar-refractivity contribution in [1.29, 1.82) is 0 Å². The Balaban J connectivity index is 2.21. The van der Waals surface area contributed by atoms with Crippen molar-refractivity contribution in [1.82, 2.24) is 4.90 Å². The van der Waals surface area contributed by atoms with Gasteiger partial charge in [0.05, 0.1) is 17.7 Å². The van der Waals surface area contributed by atoms with Gasteiger partial charge in [0.2, 0.25) is 0 Å². The Hall–Kier alpha value is -1.13. The van der Waals surface area contributed by atoms with E-state index in [4.69, 9.17) is 16.7 Å². The molecular weight excluding hydrogens is 245 g/mol. The van der Waals surface area contributed by atoms with E-state index in [1.54, 1.807) is 4.90 Å². The third-order valence-electron chi connectivity index (χ3n) is 3.02. The third kappa shape index (κ3) is 2.42. The smallest absolute Gasteiger partial charge is 0.254 e. The summed E-state index contributed by atoms with van der Waals surface area (Å²) in [5.74, 6) is -0.744. The minimum atomic E-state index is -0.539. The van der Waals surface area contributed by atoms with E-state index in [2.05, 4.69) is 0 Å². The molecule has 1 heterocycles. The molecule has 1 N–H and O–H groups in total. The van der Waals surface area contributed by atoms with E-state index in [0.29, 0.717) is 12.1 Å². The van der Waals surface area contributed by atoms with Crippen molar-refractivity contribution in [2.24, 2.45) is 0 Å². The number of hydrogen-bond acceptors (Lipinski definition) is 2. The molecule has 0 aromatic heterocycles. The number of likely N-dealkylation sites (tertiary alicyclic amines) is 1. The summed E-state index contributed by atoms with van der Waals surface area (Å²) in [6.45, 7) is 0.583. The van der Waals surface area contributed by atoms with Crippen LogP contribution in [0.3, 0.4) is 0 Å². The molecule has 0 saturated carbocycles. The molecule has 0 spiro atoms. The lowest BCUT2D eigenvalue weighted by atomic mass is 10.1. The van der Waals surface area contributed by atoms with Crippen LogP contribution in [0.5, 0.6) is 0 Å². The first-order chi connectivity index (χ1) is 8.13. The highest BCUT2D eigenvalue weighted by Gasteiger charge is 2.28. The summed E-state index contributed by atoms with van der Waals surface area (Å²) >= 11 is 5.64. The molecule has 2 rings (SSSR count). The number of hydrogen-bond donors (Lipinski definition) is 1. The topological polar surface area (TPSA) is 40.5 Å². The van der Waals surface area contributed by atoms with Crippen molar-refractivity contribution in [3.8, 4) is 0 Å². The van der Waals surface area contributed by atoms with Gasteiger partial charge in [-0.1, -0.05) is 11.6 Å². The predicted octanol–water partition coefficient (Wildman–Crippen LogP) is 2.08. The molecule has 0 aliphatic carbocycles. The van der Waals surface area contributed by atoms with Gasteiger partial charge in [0.25, 0.3) is 5.91 Å². The fourth-order valence-corrected chi connectivity index (χ4v) is 2.27. The fraction of sp³-hybridized carbons (Fsp3) is 0.417. The maximum Gasteiger partial charge on any atom is 0.254 e. The lowest BCUT2D eigenvalue weighted by Gasteiger charge is -2.23. The first kappa shape index (κ1) is 12.3. The predicted molar refractivity (Wildman–Crippen MR) is 62.6 cm³/mol. The Morgan fingerprint density at radius 1 is 1.59 bits per heavy atom. The molecule has 17 heavy (non-hydrogen) atoms. The monoisotopic (exact) mass is 257 g/mol. The van der Waals surface area contributed by atoms with Gasteiger partial charge >= 0.3 is 0 Å². The second-order valence-electron chi connectivity index (χ2n) is 4.11. The first-order valence-corrected chi connectivity index (χ1v) is 5.88. The number of nitrogens with zero attached hydrogens (tertiary/aromatic N) is 1. The second kappa shape index (κ2) is 5.02. The maximum absolute atomic E-state index is 13.0. The van der Waals surface area contributed by atoms with Crippen LogP contribution in [0.2, 0.25) is 5.02 Å². The van der Waals surface area contributed by atoms with Gasteiger partial charge in [-0.2, -0.15) is 0 Å². The number of benzene rings is 1. The van der Waals surface area contributed by atoms with E-state index in [9.17, 15) is 9.18 Å². The largest absolute Gasteiger partial charge is 0.394 e. The van der Waals surface area contributed by atoms with Crippen LogP contribution in [-0.4, -0.2) is 35.1 Å². The Morgan fingerprint density at radius 2 is 2.35 bits per heavy atom. The molecular formula is C12H13ClFNO2. The normalized spacial score (nSPS) is 19.7. The Bertz CT molecular complexity index is 439. The maximum atomic E-state index is 13.0. The average molecular weight is 258 g/mol. The third-order valence-corrected chi connectivity index (χ3v) is 3.30. The van der Waals surface area contributed by atoms with Crippen LogP contribution in [0.1, 0.15) is 23.2 Å². The fourth-order valence-electron chi connectivity index (χ4n) is 2.09. The summed E-state index contributed by atoms with van der Waals surface area (Å²) in [5.41, 5.74) is 0.358. The number of carbonyl (C=O) groups excluding carboxylic acids is 1. The van der Waals surface area contributed by atoms with Crippen molar-refractivity contribution >= 4 is 17.5 Å². The van der Waals surface area contributed by atoms with E-state index < -0.39 is 5.82 Å². The number of halogens is 2. The van der Waals surface area contributed by atoms with Crippen LogP contribution in [0.15, 0.2) is 18.2 Å². The molecule has 1 aliphatic heterocycles. The van der Waals surface area contributed by atoms with Gasteiger partial charge in [-0.15, -0.1) is 0 Å². The summed E-state index contributed by atoms with van der Waals surface area (Å²) in [6, 6.07) is 3.79. The van der Waals surface area contributed by atoms with Crippen molar-refractivity contribution in [2.75, 3.05) is 13.2 Å². The Kier molecular flexibility index (Phi) is 3.64. The van der Waals surface area contributed by atoms with E-state index in [1.807, 2.05) is 0 Å². The molecule has 1 aliphatic rings. The van der Waals surface area contributed by atoms with Crippen molar-refractivity contribution in [3.63, 3.8) is 0 Å². The zero-order valence-corrected chi connectivity index (χ0v) is 9.95. The van der Waals surface area contributed by atoms with Crippen LogP contribution >= 0.6 is 11.6 Å². The van der Waals surface area contributed by atoms with E-state index >= 15 is 0 Å². The van der Waals surface area contributed by atoms with Gasteiger partial charge in [0.1, 0.15) is 5.82 Å². The van der Waals surface area contributed by atoms with Crippen molar-refractivity contribution < 1.29 is 14.3 Å². The highest BCUT2D eigenvalue weighted by atomic mass is 35.5. The van der Waals surface area contributed by atoms with Gasteiger partial charge < -0.3 is 10.0 Å². The van der Waals surface area contributed by atoms with Gasteiger partial charge in [-0.3, -0.25) is 4.79 Å². The van der Waals surface area contributed by atoms with Crippen LogP contribution < -0.4 is 0 Å². The van der Waals surface area contributed by atoms with Crippen LogP contribution in [0, 0.1) is 5.82 Å². The van der Waals surface area contributed by atoms with Crippen LogP contribution in [0.25, 0.3) is 0 Å². The van der Waals surface area contributed by atoms with Crippen molar-refractivity contribution in [3.05, 3.63) is 34.6 Å². The molecule has 0 radical (unpaired) electrons. The molecule has 3 nitrogen and oxygen atoms in total. The highest BCUT2D eigenvalue weighted by molar-refractivity contribution is 6.31. The molecule has 1 amide bonds. The van der Waals surface area contributed by atoms with E-state index in [1.165, 1.54) is 18.2 Å². The lowest BCUT2D eigenvalue weighted by Crippen LogP contribution is -2.37. The lowest BCUT2D eigenvalue weighted by molar-refractivity contribution is 0.0677. The van der Waals surface area contributed by atoms with Crippen LogP contribution in [0.4, 0.5) is 4.39 Å². The summed E-state index contributed by atoms with van der Waals surface area (Å²) in [6.07, 6.45) is 1.68. The molecule has 1 atom stereocenters. The molecule has 92 valence electrons. The second-order valence-corrected chi connectivity index (χ2v) is 4.51. The molecule has 1 saturated heterocycles. The number of aliphatic hydroxyl groups excluding tert-OH is 1. The number of aliphatic hydroxyl groups is 1. The molecule has 1 fully saturated rings. The average Bonchev–Trinajstić information content (AvgIpc) is 2.80. The highest BCUT2D eigenvalue weighted by Crippen LogP contribution is 2.22. The minimum absolute atomic E-state index is 0.0410. The van der Waals surface area contributed by atoms with Gasteiger partial charge in [-0.05, 0) is 31.0 Å². The van der Waals surface area contributed by atoms with E-state index in [-0.39, 0.29) is 23.6 Å². The Labute approximate surface area is 104 Å². The summed E-state index contributed by atoms with van der Waals surface area (Å²) in [4.78, 5) is 13.7. The molecule has 5 heteroatoms. The van der Waals surface area contributed by atoms with Crippen LogP contribution in [-0.2, 0) is 0 Å². The quantitative estimate of drug-likeness (QED) is 0.881. The van der Waals surface area contributed by atoms with Gasteiger partial charge in [0, 0.05) is 12.1 Å². The summed E-state index contributed by atoms with van der Waals surface area (Å²) in [7, 11) is 0. The summed E-state index contributed by atoms with van der Waals surface area (Å²) < 4.78 is 13.0. The number of amides is 1. The first-order valence-electron chi connectivity index (χ1n) is 5.50. The number of carbonyl (C=O) groups is 1. The Morgan fingerprint density at radius 3 is 3.00 bits per heavy atom.